The van der Waals surface area contributed by atoms with Crippen LogP contribution in [0.1, 0.15) is 5.56 Å². The van der Waals surface area contributed by atoms with Crippen molar-refractivity contribution in [1.29, 1.82) is 0 Å². The fourth-order valence-electron chi connectivity index (χ4n) is 1.98. The lowest BCUT2D eigenvalue weighted by molar-refractivity contribution is -0.128. The number of morpholine rings is 1. The number of hydrogen-bond acceptors (Lipinski definition) is 3. The van der Waals surface area contributed by atoms with Crippen LogP contribution in [0.15, 0.2) is 22.7 Å². The van der Waals surface area contributed by atoms with Gasteiger partial charge in [0.05, 0.1) is 19.3 Å². The fourth-order valence-corrected chi connectivity index (χ4v) is 2.46. The van der Waals surface area contributed by atoms with Crippen LogP contribution in [0.5, 0.6) is 0 Å². The molecule has 1 unspecified atom stereocenters. The highest BCUT2D eigenvalue weighted by Crippen LogP contribution is 2.27. The molecule has 1 aromatic carbocycles. The summed E-state index contributed by atoms with van der Waals surface area (Å²) in [4.78, 5) is 13.5. The number of aryl methyl sites for hydroxylation is 1. The lowest BCUT2D eigenvalue weighted by Gasteiger charge is -2.35. The van der Waals surface area contributed by atoms with Gasteiger partial charge in [-0.05, 0) is 30.7 Å². The zero-order chi connectivity index (χ0) is 12.4. The van der Waals surface area contributed by atoms with Crippen molar-refractivity contribution >= 4 is 27.5 Å². The molecule has 1 aliphatic heterocycles. The number of aliphatic hydroxyl groups is 1. The molecule has 1 N–H and O–H groups in total. The molecule has 2 rings (SSSR count). The standard InChI is InChI=1S/C12H14BrNO3/c1-8-4-9(13)2-3-11(8)14-10(5-15)6-17-7-12(14)16/h2-4,10,15H,5-7H2,1H3. The van der Waals surface area contributed by atoms with E-state index in [1.165, 1.54) is 0 Å². The molecule has 1 aliphatic rings. The van der Waals surface area contributed by atoms with Crippen LogP contribution in [0, 0.1) is 6.92 Å². The van der Waals surface area contributed by atoms with Gasteiger partial charge in [0.1, 0.15) is 6.61 Å². The Morgan fingerprint density at radius 3 is 3.00 bits per heavy atom. The number of carbonyl (C=O) groups excluding carboxylic acids is 1. The molecule has 1 fully saturated rings. The van der Waals surface area contributed by atoms with E-state index in [4.69, 9.17) is 4.74 Å². The first-order valence-electron chi connectivity index (χ1n) is 5.40. The van der Waals surface area contributed by atoms with Crippen molar-refractivity contribution in [3.63, 3.8) is 0 Å². The first-order valence-corrected chi connectivity index (χ1v) is 6.19. The van der Waals surface area contributed by atoms with Gasteiger partial charge < -0.3 is 14.7 Å². The summed E-state index contributed by atoms with van der Waals surface area (Å²) in [7, 11) is 0. The highest BCUT2D eigenvalue weighted by Gasteiger charge is 2.30. The van der Waals surface area contributed by atoms with E-state index in [0.717, 1.165) is 15.7 Å². The Kier molecular flexibility index (Phi) is 3.81. The summed E-state index contributed by atoms with van der Waals surface area (Å²) >= 11 is 3.39. The van der Waals surface area contributed by atoms with E-state index in [1.54, 1.807) is 4.90 Å². The van der Waals surface area contributed by atoms with Gasteiger partial charge in [-0.1, -0.05) is 15.9 Å². The highest BCUT2D eigenvalue weighted by atomic mass is 79.9. The number of benzene rings is 1. The second-order valence-electron chi connectivity index (χ2n) is 4.05. The molecule has 92 valence electrons. The smallest absolute Gasteiger partial charge is 0.253 e. The summed E-state index contributed by atoms with van der Waals surface area (Å²) in [5.41, 5.74) is 1.83. The molecule has 0 radical (unpaired) electrons. The van der Waals surface area contributed by atoms with E-state index in [-0.39, 0.29) is 25.2 Å². The maximum atomic E-state index is 11.9. The normalized spacial score (nSPS) is 20.8. The summed E-state index contributed by atoms with van der Waals surface area (Å²) in [6.45, 7) is 2.29. The van der Waals surface area contributed by atoms with Gasteiger partial charge in [0.15, 0.2) is 0 Å². The number of carbonyl (C=O) groups is 1. The minimum Gasteiger partial charge on any atom is -0.394 e. The molecule has 1 aromatic rings. The number of rotatable bonds is 2. The van der Waals surface area contributed by atoms with Crippen molar-refractivity contribution < 1.29 is 14.6 Å². The molecule has 0 bridgehead atoms. The van der Waals surface area contributed by atoms with Crippen molar-refractivity contribution in [3.8, 4) is 0 Å². The third kappa shape index (κ3) is 2.51. The molecule has 0 aromatic heterocycles. The summed E-state index contributed by atoms with van der Waals surface area (Å²) in [5.74, 6) is -0.110. The lowest BCUT2D eigenvalue weighted by Crippen LogP contribution is -2.51. The van der Waals surface area contributed by atoms with Gasteiger partial charge in [-0.2, -0.15) is 0 Å². The van der Waals surface area contributed by atoms with Gasteiger partial charge in [0.25, 0.3) is 5.91 Å². The maximum Gasteiger partial charge on any atom is 0.253 e. The van der Waals surface area contributed by atoms with Crippen LogP contribution in [-0.2, 0) is 9.53 Å². The molecule has 1 heterocycles. The van der Waals surface area contributed by atoms with Crippen molar-refractivity contribution in [2.24, 2.45) is 0 Å². The van der Waals surface area contributed by atoms with Crippen molar-refractivity contribution in [3.05, 3.63) is 28.2 Å². The Morgan fingerprint density at radius 2 is 2.35 bits per heavy atom. The Balaban J connectivity index is 2.38. The van der Waals surface area contributed by atoms with E-state index in [0.29, 0.717) is 6.61 Å². The molecule has 1 saturated heterocycles. The largest absolute Gasteiger partial charge is 0.394 e. The van der Waals surface area contributed by atoms with Gasteiger partial charge in [-0.15, -0.1) is 0 Å². The molecule has 4 nitrogen and oxygen atoms in total. The average molecular weight is 300 g/mol. The SMILES string of the molecule is Cc1cc(Br)ccc1N1C(=O)COCC1CO. The van der Waals surface area contributed by atoms with Gasteiger partial charge in [0, 0.05) is 10.2 Å². The topological polar surface area (TPSA) is 49.8 Å². The number of ether oxygens (including phenoxy) is 1. The summed E-state index contributed by atoms with van der Waals surface area (Å²) in [6.07, 6.45) is 0. The van der Waals surface area contributed by atoms with Crippen LogP contribution in [0.2, 0.25) is 0 Å². The van der Waals surface area contributed by atoms with Crippen LogP contribution in [0.3, 0.4) is 0 Å². The van der Waals surface area contributed by atoms with Crippen LogP contribution in [0.25, 0.3) is 0 Å². The number of halogens is 1. The van der Waals surface area contributed by atoms with Crippen LogP contribution in [0.4, 0.5) is 5.69 Å². The highest BCUT2D eigenvalue weighted by molar-refractivity contribution is 9.10. The fraction of sp³-hybridized carbons (Fsp3) is 0.417. The lowest BCUT2D eigenvalue weighted by atomic mass is 10.1. The van der Waals surface area contributed by atoms with E-state index in [9.17, 15) is 9.90 Å². The van der Waals surface area contributed by atoms with Crippen LogP contribution in [-0.4, -0.2) is 36.9 Å². The molecule has 0 saturated carbocycles. The van der Waals surface area contributed by atoms with Gasteiger partial charge >= 0.3 is 0 Å². The molecule has 1 amide bonds. The molecule has 5 heteroatoms. The minimum absolute atomic E-state index is 0.0754. The van der Waals surface area contributed by atoms with Crippen LogP contribution < -0.4 is 4.90 Å². The molecule has 0 aliphatic carbocycles. The van der Waals surface area contributed by atoms with E-state index in [2.05, 4.69) is 15.9 Å². The zero-order valence-corrected chi connectivity index (χ0v) is 11.1. The predicted molar refractivity (Wildman–Crippen MR) is 68.1 cm³/mol. The quantitative estimate of drug-likeness (QED) is 0.900. The first-order chi connectivity index (χ1) is 8.13. The number of nitrogens with zero attached hydrogens (tertiary/aromatic N) is 1. The Hall–Kier alpha value is -0.910. The third-order valence-electron chi connectivity index (χ3n) is 2.80. The van der Waals surface area contributed by atoms with E-state index < -0.39 is 0 Å². The summed E-state index contributed by atoms with van der Waals surface area (Å²) in [6, 6.07) is 5.42. The molecule has 0 spiro atoms. The minimum atomic E-state index is -0.295. The van der Waals surface area contributed by atoms with Crippen molar-refractivity contribution in [1.82, 2.24) is 0 Å². The average Bonchev–Trinajstić information content (AvgIpc) is 2.30. The van der Waals surface area contributed by atoms with E-state index >= 15 is 0 Å². The number of aliphatic hydroxyl groups excluding tert-OH is 1. The zero-order valence-electron chi connectivity index (χ0n) is 9.52. The molecular weight excluding hydrogens is 286 g/mol. The number of anilines is 1. The van der Waals surface area contributed by atoms with Crippen molar-refractivity contribution in [2.75, 3.05) is 24.7 Å². The third-order valence-corrected chi connectivity index (χ3v) is 3.29. The van der Waals surface area contributed by atoms with Gasteiger partial charge in [-0.25, -0.2) is 0 Å². The summed E-state index contributed by atoms with van der Waals surface area (Å²) in [5, 5.41) is 9.30. The number of hydrogen-bond donors (Lipinski definition) is 1. The Labute approximate surface area is 108 Å². The second-order valence-corrected chi connectivity index (χ2v) is 4.96. The second kappa shape index (κ2) is 5.16. The van der Waals surface area contributed by atoms with Gasteiger partial charge in [-0.3, -0.25) is 4.79 Å². The Morgan fingerprint density at radius 1 is 1.59 bits per heavy atom. The number of amides is 1. The first kappa shape index (κ1) is 12.5. The van der Waals surface area contributed by atoms with Crippen molar-refractivity contribution in [2.45, 2.75) is 13.0 Å². The monoisotopic (exact) mass is 299 g/mol. The summed E-state index contributed by atoms with van der Waals surface area (Å²) < 4.78 is 6.11. The van der Waals surface area contributed by atoms with E-state index in [1.807, 2.05) is 25.1 Å². The molecular formula is C12H14BrNO3. The molecule has 17 heavy (non-hydrogen) atoms. The molecule has 1 atom stereocenters. The maximum absolute atomic E-state index is 11.9. The van der Waals surface area contributed by atoms with Gasteiger partial charge in [0.2, 0.25) is 0 Å². The Bertz CT molecular complexity index is 436. The van der Waals surface area contributed by atoms with Crippen LogP contribution >= 0.6 is 15.9 Å². The predicted octanol–water partition coefficient (Wildman–Crippen LogP) is 1.48.